The van der Waals surface area contributed by atoms with E-state index in [1.54, 1.807) is 0 Å². The molecule has 8 heteroatoms. The molecule has 0 bridgehead atoms. The van der Waals surface area contributed by atoms with E-state index in [1.807, 2.05) is 0 Å². The lowest BCUT2D eigenvalue weighted by Crippen LogP contribution is -2.15. The highest BCUT2D eigenvalue weighted by Crippen LogP contribution is 2.00. The molecule has 0 aromatic carbocycles. The van der Waals surface area contributed by atoms with Crippen LogP contribution in [0, 0.1) is 0 Å². The Balaban J connectivity index is 2.09. The Bertz CT molecular complexity index is 242. The van der Waals surface area contributed by atoms with Crippen LogP contribution >= 0.6 is 11.8 Å². The smallest absolute Gasteiger partial charge is 0.315 e. The molecule has 0 N–H and O–H groups in total. The zero-order chi connectivity index (χ0) is 15.7. The van der Waals surface area contributed by atoms with Crippen molar-refractivity contribution in [3.63, 3.8) is 0 Å². The fraction of sp³-hybridized carbons (Fsp3) is 0.929. The van der Waals surface area contributed by atoms with Crippen LogP contribution in [0.5, 0.6) is 0 Å². The second-order valence-corrected chi connectivity index (χ2v) is 5.44. The third-order valence-electron chi connectivity index (χ3n) is 2.57. The van der Waals surface area contributed by atoms with Crippen LogP contribution in [0.25, 0.3) is 0 Å². The lowest BCUT2D eigenvalue weighted by Gasteiger charge is -2.07. The van der Waals surface area contributed by atoms with Crippen molar-refractivity contribution < 1.29 is 33.2 Å². The molecule has 130 valence electrons. The van der Waals surface area contributed by atoms with Crippen LogP contribution in [-0.2, 0) is 33.2 Å². The maximum Gasteiger partial charge on any atom is 0.315 e. The summed E-state index contributed by atoms with van der Waals surface area (Å²) in [5, 5.41) is 0. The summed E-state index contributed by atoms with van der Waals surface area (Å²) in [6.07, 6.45) is 0. The Morgan fingerprint density at radius 1 is 0.591 bits per heavy atom. The molecule has 0 atom stereocenters. The summed E-state index contributed by atoms with van der Waals surface area (Å²) in [7, 11) is 0. The van der Waals surface area contributed by atoms with Crippen LogP contribution in [0.4, 0.5) is 0 Å². The maximum atomic E-state index is 11.4. The van der Waals surface area contributed by atoms with E-state index in [-0.39, 0.29) is 12.6 Å². The van der Waals surface area contributed by atoms with E-state index in [9.17, 15) is 4.79 Å². The van der Waals surface area contributed by atoms with E-state index in [2.05, 4.69) is 0 Å². The van der Waals surface area contributed by atoms with Gasteiger partial charge in [0.15, 0.2) is 0 Å². The molecule has 7 nitrogen and oxygen atoms in total. The number of hydrogen-bond donors (Lipinski definition) is 0. The molecule has 0 spiro atoms. The zero-order valence-corrected chi connectivity index (χ0v) is 13.8. The molecule has 0 saturated carbocycles. The van der Waals surface area contributed by atoms with E-state index in [4.69, 9.17) is 28.4 Å². The molecule has 1 aliphatic rings. The number of ether oxygens (including phenoxy) is 6. The first kappa shape index (κ1) is 19.7. The van der Waals surface area contributed by atoms with Gasteiger partial charge in [-0.1, -0.05) is 0 Å². The predicted octanol–water partition coefficient (Wildman–Crippen LogP) is 0.359. The Labute approximate surface area is 135 Å². The van der Waals surface area contributed by atoms with Crippen molar-refractivity contribution in [1.82, 2.24) is 0 Å². The minimum absolute atomic E-state index is 0.226. The van der Waals surface area contributed by atoms with Gasteiger partial charge in [-0.2, -0.15) is 0 Å². The highest BCUT2D eigenvalue weighted by molar-refractivity contribution is 7.99. The monoisotopic (exact) mass is 338 g/mol. The summed E-state index contributed by atoms with van der Waals surface area (Å²) in [6, 6.07) is 0. The van der Waals surface area contributed by atoms with Gasteiger partial charge < -0.3 is 28.4 Å². The fourth-order valence-electron chi connectivity index (χ4n) is 1.51. The van der Waals surface area contributed by atoms with Crippen molar-refractivity contribution in [2.45, 2.75) is 0 Å². The summed E-state index contributed by atoms with van der Waals surface area (Å²) >= 11 is 1.49. The first-order valence-corrected chi connectivity index (χ1v) is 8.67. The topological polar surface area (TPSA) is 72.5 Å². The van der Waals surface area contributed by atoms with Crippen LogP contribution in [0.2, 0.25) is 0 Å². The number of cyclic esters (lactones) is 1. The van der Waals surface area contributed by atoms with Gasteiger partial charge >= 0.3 is 5.97 Å². The maximum absolute atomic E-state index is 11.4. The lowest BCUT2D eigenvalue weighted by molar-refractivity contribution is -0.142. The molecule has 0 unspecified atom stereocenters. The van der Waals surface area contributed by atoms with Gasteiger partial charge in [-0.05, 0) is 0 Å². The molecule has 1 fully saturated rings. The zero-order valence-electron chi connectivity index (χ0n) is 13.0. The van der Waals surface area contributed by atoms with Gasteiger partial charge in [0.25, 0.3) is 0 Å². The van der Waals surface area contributed by atoms with E-state index >= 15 is 0 Å². The predicted molar refractivity (Wildman–Crippen MR) is 82.4 cm³/mol. The highest BCUT2D eigenvalue weighted by Gasteiger charge is 2.03. The number of carbonyl (C=O) groups is 1. The molecular weight excluding hydrogens is 312 g/mol. The van der Waals surface area contributed by atoms with E-state index in [0.717, 1.165) is 5.75 Å². The molecule has 0 aromatic rings. The van der Waals surface area contributed by atoms with Crippen LogP contribution in [0.15, 0.2) is 0 Å². The third kappa shape index (κ3) is 13.3. The van der Waals surface area contributed by atoms with E-state index in [1.165, 1.54) is 11.8 Å². The number of hydrogen-bond acceptors (Lipinski definition) is 8. The van der Waals surface area contributed by atoms with Crippen molar-refractivity contribution in [2.75, 3.05) is 84.2 Å². The molecule has 0 aliphatic carbocycles. The number of thioether (sulfide) groups is 1. The molecule has 0 amide bonds. The van der Waals surface area contributed by atoms with Crippen LogP contribution < -0.4 is 0 Å². The minimum atomic E-state index is -0.226. The molecule has 1 heterocycles. The fourth-order valence-corrected chi connectivity index (χ4v) is 2.14. The lowest BCUT2D eigenvalue weighted by atomic mass is 10.7. The van der Waals surface area contributed by atoms with Crippen LogP contribution in [-0.4, -0.2) is 90.2 Å². The van der Waals surface area contributed by atoms with Gasteiger partial charge in [0.05, 0.1) is 71.8 Å². The normalized spacial score (nSPS) is 23.2. The second-order valence-electron chi connectivity index (χ2n) is 4.33. The highest BCUT2D eigenvalue weighted by atomic mass is 32.2. The standard InChI is InChI=1S/C14H26O7S/c15-14-13-22-12-11-20-8-7-18-4-3-16-1-2-17-5-6-19-9-10-21-14/h1-13H2. The first-order chi connectivity index (χ1) is 10.9. The van der Waals surface area contributed by atoms with Gasteiger partial charge in [-0.3, -0.25) is 4.79 Å². The first-order valence-electron chi connectivity index (χ1n) is 7.51. The molecule has 1 aliphatic heterocycles. The van der Waals surface area contributed by atoms with E-state index < -0.39 is 0 Å². The summed E-state index contributed by atoms with van der Waals surface area (Å²) in [4.78, 5) is 11.4. The van der Waals surface area contributed by atoms with Crippen molar-refractivity contribution in [3.8, 4) is 0 Å². The number of carbonyl (C=O) groups excluding carboxylic acids is 1. The van der Waals surface area contributed by atoms with Crippen LogP contribution in [0.3, 0.4) is 0 Å². The Hall–Kier alpha value is -0.380. The molecule has 1 rings (SSSR count). The van der Waals surface area contributed by atoms with Gasteiger partial charge in [0.1, 0.15) is 6.61 Å². The Morgan fingerprint density at radius 2 is 1.00 bits per heavy atom. The summed E-state index contributed by atoms with van der Waals surface area (Å²) in [6.45, 7) is 5.49. The average Bonchev–Trinajstić information content (AvgIpc) is 2.52. The molecular formula is C14H26O7S. The quantitative estimate of drug-likeness (QED) is 0.586. The number of rotatable bonds is 0. The molecule has 0 radical (unpaired) electrons. The largest absolute Gasteiger partial charge is 0.463 e. The SMILES string of the molecule is O=C1CSCCOCCOCCOCCOCCOCCO1. The van der Waals surface area contributed by atoms with Gasteiger partial charge in [-0.25, -0.2) is 0 Å². The Morgan fingerprint density at radius 3 is 1.50 bits per heavy atom. The molecule has 0 aromatic heterocycles. The van der Waals surface area contributed by atoms with Gasteiger partial charge in [-0.15, -0.1) is 11.8 Å². The summed E-state index contributed by atoms with van der Waals surface area (Å²) < 4.78 is 31.8. The van der Waals surface area contributed by atoms with Crippen LogP contribution in [0.1, 0.15) is 0 Å². The average molecular weight is 338 g/mol. The Kier molecular flexibility index (Phi) is 13.9. The van der Waals surface area contributed by atoms with Crippen molar-refractivity contribution >= 4 is 17.7 Å². The third-order valence-corrected chi connectivity index (χ3v) is 3.47. The van der Waals surface area contributed by atoms with Crippen molar-refractivity contribution in [1.29, 1.82) is 0 Å². The minimum Gasteiger partial charge on any atom is -0.463 e. The van der Waals surface area contributed by atoms with Gasteiger partial charge in [0, 0.05) is 5.75 Å². The summed E-state index contributed by atoms with van der Waals surface area (Å²) in [5.41, 5.74) is 0. The molecule has 22 heavy (non-hydrogen) atoms. The van der Waals surface area contributed by atoms with E-state index in [0.29, 0.717) is 71.8 Å². The van der Waals surface area contributed by atoms with Crippen molar-refractivity contribution in [3.05, 3.63) is 0 Å². The van der Waals surface area contributed by atoms with Gasteiger partial charge in [0.2, 0.25) is 0 Å². The number of esters is 1. The molecule has 1 saturated heterocycles. The van der Waals surface area contributed by atoms with Crippen molar-refractivity contribution in [2.24, 2.45) is 0 Å². The second kappa shape index (κ2) is 15.5. The summed E-state index contributed by atoms with van der Waals surface area (Å²) in [5.74, 6) is 0.864.